The Bertz CT molecular complexity index is 221. The average molecular weight is 228 g/mol. The Labute approximate surface area is 97.9 Å². The summed E-state index contributed by atoms with van der Waals surface area (Å²) in [5, 5.41) is 3.02. The zero-order valence-electron chi connectivity index (χ0n) is 10.4. The molecule has 1 atom stereocenters. The molecular formula is C12H24N2O2. The van der Waals surface area contributed by atoms with E-state index in [1.807, 2.05) is 13.8 Å². The van der Waals surface area contributed by atoms with Crippen molar-refractivity contribution in [1.82, 2.24) is 5.32 Å². The highest BCUT2D eigenvalue weighted by Gasteiger charge is 2.29. The number of amides is 1. The molecule has 1 amide bonds. The van der Waals surface area contributed by atoms with Crippen molar-refractivity contribution >= 4 is 5.91 Å². The second-order valence-electron chi connectivity index (χ2n) is 4.88. The van der Waals surface area contributed by atoms with Gasteiger partial charge in [-0.05, 0) is 32.1 Å². The topological polar surface area (TPSA) is 64.4 Å². The van der Waals surface area contributed by atoms with Crippen molar-refractivity contribution in [2.45, 2.75) is 33.1 Å². The van der Waals surface area contributed by atoms with Crippen molar-refractivity contribution < 1.29 is 9.53 Å². The van der Waals surface area contributed by atoms with Gasteiger partial charge in [0.15, 0.2) is 0 Å². The molecule has 0 aromatic rings. The molecule has 0 saturated carbocycles. The number of carbonyl (C=O) groups is 1. The second kappa shape index (κ2) is 6.21. The van der Waals surface area contributed by atoms with Crippen LogP contribution in [0.15, 0.2) is 0 Å². The monoisotopic (exact) mass is 228 g/mol. The average Bonchev–Trinajstić information content (AvgIpc) is 2.36. The normalized spacial score (nSPS) is 21.4. The summed E-state index contributed by atoms with van der Waals surface area (Å²) in [4.78, 5) is 11.9. The van der Waals surface area contributed by atoms with Crippen LogP contribution in [0, 0.1) is 11.3 Å². The third-order valence-electron chi connectivity index (χ3n) is 3.67. The van der Waals surface area contributed by atoms with E-state index in [9.17, 15) is 4.79 Å². The van der Waals surface area contributed by atoms with Crippen LogP contribution in [-0.4, -0.2) is 32.2 Å². The third kappa shape index (κ3) is 3.46. The Morgan fingerprint density at radius 3 is 2.62 bits per heavy atom. The summed E-state index contributed by atoms with van der Waals surface area (Å²) in [5.74, 6) is 0.653. The minimum Gasteiger partial charge on any atom is -0.381 e. The molecule has 1 heterocycles. The van der Waals surface area contributed by atoms with Crippen LogP contribution in [0.1, 0.15) is 33.1 Å². The number of hydrogen-bond acceptors (Lipinski definition) is 3. The summed E-state index contributed by atoms with van der Waals surface area (Å²) in [6.45, 7) is 6.74. The van der Waals surface area contributed by atoms with Gasteiger partial charge in [-0.25, -0.2) is 0 Å². The maximum absolute atomic E-state index is 11.9. The van der Waals surface area contributed by atoms with Gasteiger partial charge in [0.05, 0.1) is 5.41 Å². The van der Waals surface area contributed by atoms with Gasteiger partial charge in [-0.1, -0.05) is 6.92 Å². The highest BCUT2D eigenvalue weighted by atomic mass is 16.5. The van der Waals surface area contributed by atoms with Gasteiger partial charge >= 0.3 is 0 Å². The Balaban J connectivity index is 2.33. The summed E-state index contributed by atoms with van der Waals surface area (Å²) in [6, 6.07) is 0. The van der Waals surface area contributed by atoms with Crippen LogP contribution in [0.4, 0.5) is 0 Å². The number of rotatable bonds is 5. The van der Waals surface area contributed by atoms with Gasteiger partial charge in [0.1, 0.15) is 0 Å². The highest BCUT2D eigenvalue weighted by molar-refractivity contribution is 5.82. The van der Waals surface area contributed by atoms with E-state index in [1.54, 1.807) is 0 Å². The maximum Gasteiger partial charge on any atom is 0.227 e. The van der Waals surface area contributed by atoms with Gasteiger partial charge in [0.25, 0.3) is 0 Å². The number of carbonyl (C=O) groups excluding carboxylic acids is 1. The fourth-order valence-electron chi connectivity index (χ4n) is 1.80. The predicted octanol–water partition coefficient (Wildman–Crippen LogP) is 0.904. The second-order valence-corrected chi connectivity index (χ2v) is 4.88. The van der Waals surface area contributed by atoms with Gasteiger partial charge in [-0.15, -0.1) is 0 Å². The van der Waals surface area contributed by atoms with E-state index in [-0.39, 0.29) is 5.91 Å². The van der Waals surface area contributed by atoms with Gasteiger partial charge < -0.3 is 15.8 Å². The molecule has 94 valence electrons. The van der Waals surface area contributed by atoms with Crippen LogP contribution in [0.25, 0.3) is 0 Å². The van der Waals surface area contributed by atoms with Crippen molar-refractivity contribution in [3.8, 4) is 0 Å². The molecule has 1 saturated heterocycles. The van der Waals surface area contributed by atoms with E-state index in [2.05, 4.69) is 5.32 Å². The molecule has 4 heteroatoms. The number of hydrogen-bond donors (Lipinski definition) is 2. The third-order valence-corrected chi connectivity index (χ3v) is 3.67. The molecule has 16 heavy (non-hydrogen) atoms. The van der Waals surface area contributed by atoms with E-state index >= 15 is 0 Å². The molecule has 0 spiro atoms. The lowest BCUT2D eigenvalue weighted by Crippen LogP contribution is -2.45. The van der Waals surface area contributed by atoms with Crippen molar-refractivity contribution in [1.29, 1.82) is 0 Å². The van der Waals surface area contributed by atoms with E-state index in [1.165, 1.54) is 0 Å². The zero-order valence-corrected chi connectivity index (χ0v) is 10.4. The first-order chi connectivity index (χ1) is 7.62. The summed E-state index contributed by atoms with van der Waals surface area (Å²) in [7, 11) is 0. The van der Waals surface area contributed by atoms with Crippen molar-refractivity contribution in [2.24, 2.45) is 17.1 Å². The molecule has 0 aromatic heterocycles. The zero-order chi connectivity index (χ0) is 12.0. The molecule has 1 aliphatic heterocycles. The van der Waals surface area contributed by atoms with Crippen LogP contribution >= 0.6 is 0 Å². The Morgan fingerprint density at radius 2 is 2.12 bits per heavy atom. The summed E-state index contributed by atoms with van der Waals surface area (Å²) in [6.07, 6.45) is 2.88. The van der Waals surface area contributed by atoms with E-state index in [4.69, 9.17) is 10.5 Å². The SMILES string of the molecule is CCC(C)(CN)C(=O)NCC1CCOCC1. The molecule has 1 rings (SSSR count). The van der Waals surface area contributed by atoms with Gasteiger partial charge in [-0.2, -0.15) is 0 Å². The number of nitrogens with one attached hydrogen (secondary N) is 1. The molecule has 3 N–H and O–H groups in total. The lowest BCUT2D eigenvalue weighted by Gasteiger charge is -2.27. The quantitative estimate of drug-likeness (QED) is 0.735. The molecule has 4 nitrogen and oxygen atoms in total. The first-order valence-corrected chi connectivity index (χ1v) is 6.18. The van der Waals surface area contributed by atoms with Crippen LogP contribution in [0.5, 0.6) is 0 Å². The largest absolute Gasteiger partial charge is 0.381 e. The first kappa shape index (κ1) is 13.5. The van der Waals surface area contributed by atoms with E-state index in [0.29, 0.717) is 12.5 Å². The standard InChI is InChI=1S/C12H24N2O2/c1-3-12(2,9-13)11(15)14-8-10-4-6-16-7-5-10/h10H,3-9,13H2,1-2H3,(H,14,15). The summed E-state index contributed by atoms with van der Waals surface area (Å²) in [5.41, 5.74) is 5.23. The molecule has 1 unspecified atom stereocenters. The fourth-order valence-corrected chi connectivity index (χ4v) is 1.80. The molecule has 0 aromatic carbocycles. The summed E-state index contributed by atoms with van der Waals surface area (Å²) >= 11 is 0. The Morgan fingerprint density at radius 1 is 1.50 bits per heavy atom. The van der Waals surface area contributed by atoms with Crippen LogP contribution < -0.4 is 11.1 Å². The molecular weight excluding hydrogens is 204 g/mol. The van der Waals surface area contributed by atoms with Crippen molar-refractivity contribution in [3.05, 3.63) is 0 Å². The van der Waals surface area contributed by atoms with Crippen LogP contribution in [0.2, 0.25) is 0 Å². The van der Waals surface area contributed by atoms with Gasteiger partial charge in [0.2, 0.25) is 5.91 Å². The minimum absolute atomic E-state index is 0.0870. The smallest absolute Gasteiger partial charge is 0.227 e. The van der Waals surface area contributed by atoms with Gasteiger partial charge in [0, 0.05) is 26.3 Å². The van der Waals surface area contributed by atoms with Crippen molar-refractivity contribution in [3.63, 3.8) is 0 Å². The Kier molecular flexibility index (Phi) is 5.22. The summed E-state index contributed by atoms with van der Waals surface area (Å²) < 4.78 is 5.28. The van der Waals surface area contributed by atoms with Crippen molar-refractivity contribution in [2.75, 3.05) is 26.3 Å². The Hall–Kier alpha value is -0.610. The molecule has 1 aliphatic rings. The minimum atomic E-state index is -0.412. The molecule has 1 fully saturated rings. The number of nitrogens with two attached hydrogens (primary N) is 1. The lowest BCUT2D eigenvalue weighted by atomic mass is 9.86. The van der Waals surface area contributed by atoms with E-state index in [0.717, 1.165) is 39.0 Å². The van der Waals surface area contributed by atoms with Crippen LogP contribution in [-0.2, 0) is 9.53 Å². The molecule has 0 bridgehead atoms. The number of ether oxygens (including phenoxy) is 1. The van der Waals surface area contributed by atoms with E-state index < -0.39 is 5.41 Å². The van der Waals surface area contributed by atoms with Gasteiger partial charge in [-0.3, -0.25) is 4.79 Å². The molecule has 0 aliphatic carbocycles. The maximum atomic E-state index is 11.9. The highest BCUT2D eigenvalue weighted by Crippen LogP contribution is 2.20. The predicted molar refractivity (Wildman–Crippen MR) is 64.0 cm³/mol. The fraction of sp³-hybridized carbons (Fsp3) is 0.917. The van der Waals surface area contributed by atoms with Crippen LogP contribution in [0.3, 0.4) is 0 Å². The lowest BCUT2D eigenvalue weighted by molar-refractivity contribution is -0.130. The first-order valence-electron chi connectivity index (χ1n) is 6.18. The molecule has 0 radical (unpaired) electrons.